The summed E-state index contributed by atoms with van der Waals surface area (Å²) in [4.78, 5) is 26.1. The van der Waals surface area contributed by atoms with Crippen LogP contribution in [0, 0.1) is 0 Å². The van der Waals surface area contributed by atoms with Gasteiger partial charge in [-0.15, -0.1) is 4.52 Å². The number of halogens is 4. The molecule has 0 saturated carbocycles. The first-order valence-electron chi connectivity index (χ1n) is 7.80. The van der Waals surface area contributed by atoms with E-state index in [2.05, 4.69) is 0 Å². The highest BCUT2D eigenvalue weighted by Crippen LogP contribution is 2.44. The largest absolute Gasteiger partial charge is 0.813 e. The number of amides is 2. The molecule has 12 heteroatoms. The highest BCUT2D eigenvalue weighted by Gasteiger charge is 2.41. The number of rotatable bonds is 7. The van der Waals surface area contributed by atoms with Gasteiger partial charge in [-0.3, -0.25) is 14.5 Å². The Morgan fingerprint density at radius 2 is 1.43 bits per heavy atom. The molecule has 1 aliphatic rings. The lowest BCUT2D eigenvalue weighted by Gasteiger charge is -2.12. The van der Waals surface area contributed by atoms with Gasteiger partial charge in [-0.1, -0.05) is 52.5 Å². The van der Waals surface area contributed by atoms with Gasteiger partial charge in [0.2, 0.25) is 12.4 Å². The van der Waals surface area contributed by atoms with Crippen LogP contribution in [0.2, 0.25) is 20.1 Å². The number of nitrogens with zero attached hydrogens (tertiary/aromatic N) is 2. The van der Waals surface area contributed by atoms with E-state index in [1.54, 1.807) is 30.6 Å². The van der Waals surface area contributed by atoms with Gasteiger partial charge in [-0.05, 0) is 6.42 Å². The third kappa shape index (κ3) is 4.10. The maximum atomic E-state index is 12.5. The molecule has 2 heterocycles. The quantitative estimate of drug-likeness (QED) is 0.146. The summed E-state index contributed by atoms with van der Waals surface area (Å²) in [6.45, 7) is -0.0190. The summed E-state index contributed by atoms with van der Waals surface area (Å²) in [7, 11) is -2.42. The van der Waals surface area contributed by atoms with Gasteiger partial charge in [-0.25, -0.2) is 0 Å². The lowest BCUT2D eigenvalue weighted by atomic mass is 10.1. The van der Waals surface area contributed by atoms with E-state index < -0.39 is 20.1 Å². The smallest absolute Gasteiger partial charge is 0.274 e. The normalized spacial score (nSPS) is 13.7. The van der Waals surface area contributed by atoms with Gasteiger partial charge in [0.05, 0.1) is 35.9 Å². The van der Waals surface area contributed by atoms with Crippen LogP contribution in [0.15, 0.2) is 30.6 Å². The fraction of sp³-hybridized carbons (Fsp3) is 0.188. The number of carbonyl (C=O) groups excluding carboxylic acids is 2. The molecular weight excluding hydrogens is 473 g/mol. The molecule has 0 spiro atoms. The Bertz CT molecular complexity index is 926. The second-order valence-corrected chi connectivity index (χ2v) is 7.88. The monoisotopic (exact) mass is 482 g/mol. The third-order valence-electron chi connectivity index (χ3n) is 3.76. The lowest BCUT2D eigenvalue weighted by molar-refractivity contribution is -0.858. The van der Waals surface area contributed by atoms with E-state index in [0.29, 0.717) is 0 Å². The Balaban J connectivity index is 1.59. The van der Waals surface area contributed by atoms with Crippen LogP contribution in [0.25, 0.3) is 0 Å². The molecule has 1 aliphatic heterocycles. The Hall–Kier alpha value is -1.47. The maximum absolute atomic E-state index is 12.5. The van der Waals surface area contributed by atoms with E-state index in [0.717, 1.165) is 4.90 Å². The standard InChI is InChI=1S/C16H11Cl4N2O5P/c17-11-9-10(12(18)14(20)13(11)19)16(24)22(15(9)23)7-4-8-26-28(25)27-21-5-2-1-3-6-21/h1-3,5-6H,4,7-8H2/q+2. The van der Waals surface area contributed by atoms with Crippen molar-refractivity contribution in [1.82, 2.24) is 4.90 Å². The number of fused-ring (bicyclic) bond motifs is 1. The van der Waals surface area contributed by atoms with Gasteiger partial charge < -0.3 is 0 Å². The fourth-order valence-electron chi connectivity index (χ4n) is 2.50. The predicted molar refractivity (Wildman–Crippen MR) is 103 cm³/mol. The van der Waals surface area contributed by atoms with Gasteiger partial charge in [-0.2, -0.15) is 0 Å². The van der Waals surface area contributed by atoms with Crippen molar-refractivity contribution in [3.63, 3.8) is 0 Å². The molecule has 0 aliphatic carbocycles. The minimum Gasteiger partial charge on any atom is -0.274 e. The Kier molecular flexibility index (Phi) is 6.76. The molecule has 0 N–H and O–H groups in total. The van der Waals surface area contributed by atoms with Crippen LogP contribution in [0.3, 0.4) is 0 Å². The van der Waals surface area contributed by atoms with E-state index in [4.69, 9.17) is 55.6 Å². The molecule has 0 bridgehead atoms. The summed E-state index contributed by atoms with van der Waals surface area (Å²) in [6, 6.07) is 5.16. The molecule has 2 amide bonds. The zero-order valence-electron chi connectivity index (χ0n) is 13.9. The summed E-state index contributed by atoms with van der Waals surface area (Å²) < 4.78 is 23.1. The molecule has 0 fully saturated rings. The minimum absolute atomic E-state index is 0.00407. The first kappa shape index (κ1) is 21.2. The van der Waals surface area contributed by atoms with Crippen LogP contribution in [-0.4, -0.2) is 29.9 Å². The topological polar surface area (TPSA) is 76.8 Å². The van der Waals surface area contributed by atoms with Crippen molar-refractivity contribution >= 4 is 66.5 Å². The van der Waals surface area contributed by atoms with Crippen molar-refractivity contribution in [2.75, 3.05) is 13.2 Å². The number of benzene rings is 1. The van der Waals surface area contributed by atoms with Gasteiger partial charge in [0, 0.05) is 27.9 Å². The number of imide groups is 1. The molecule has 7 nitrogen and oxygen atoms in total. The van der Waals surface area contributed by atoms with Crippen molar-refractivity contribution in [3.05, 3.63) is 61.8 Å². The highest BCUT2D eigenvalue weighted by atomic mass is 35.5. The average Bonchev–Trinajstić information content (AvgIpc) is 2.93. The van der Waals surface area contributed by atoms with E-state index in [-0.39, 0.29) is 50.8 Å². The minimum atomic E-state index is -2.42. The molecule has 3 rings (SSSR count). The number of pyridine rings is 1. The predicted octanol–water partition coefficient (Wildman–Crippen LogP) is 4.38. The van der Waals surface area contributed by atoms with Crippen molar-refractivity contribution < 1.29 is 28.0 Å². The highest BCUT2D eigenvalue weighted by molar-refractivity contribution is 7.33. The van der Waals surface area contributed by atoms with Crippen LogP contribution in [0.4, 0.5) is 0 Å². The van der Waals surface area contributed by atoms with E-state index in [1.807, 2.05) is 0 Å². The average molecular weight is 484 g/mol. The molecule has 28 heavy (non-hydrogen) atoms. The third-order valence-corrected chi connectivity index (χ3v) is 6.27. The number of aromatic nitrogens is 1. The Morgan fingerprint density at radius 1 is 0.893 bits per heavy atom. The molecule has 1 aromatic carbocycles. The van der Waals surface area contributed by atoms with Crippen molar-refractivity contribution in [3.8, 4) is 0 Å². The second-order valence-electron chi connectivity index (χ2n) is 5.50. The number of hydrogen-bond acceptors (Lipinski definition) is 5. The van der Waals surface area contributed by atoms with Gasteiger partial charge in [0.25, 0.3) is 11.8 Å². The first-order valence-corrected chi connectivity index (χ1v) is 10.4. The molecule has 1 atom stereocenters. The van der Waals surface area contributed by atoms with Gasteiger partial charge >= 0.3 is 8.25 Å². The SMILES string of the molecule is O=C1c2c(Cl)c(Cl)c(Cl)c(Cl)c2C(=O)N1CCCO[P+](=O)O[n+]1ccccc1. The molecule has 1 aromatic heterocycles. The van der Waals surface area contributed by atoms with E-state index in [9.17, 15) is 14.2 Å². The zero-order chi connectivity index (χ0) is 20.4. The van der Waals surface area contributed by atoms with Crippen LogP contribution < -0.4 is 9.35 Å². The van der Waals surface area contributed by atoms with E-state index >= 15 is 0 Å². The maximum Gasteiger partial charge on any atom is 0.813 e. The Labute approximate surface area is 180 Å². The second kappa shape index (κ2) is 8.91. The van der Waals surface area contributed by atoms with Crippen molar-refractivity contribution in [2.45, 2.75) is 6.42 Å². The summed E-state index contributed by atoms with van der Waals surface area (Å²) in [5.74, 6) is -1.27. The summed E-state index contributed by atoms with van der Waals surface area (Å²) >= 11 is 24.0. The summed E-state index contributed by atoms with van der Waals surface area (Å²) in [6.07, 6.45) is 3.32. The molecule has 146 valence electrons. The Morgan fingerprint density at radius 3 is 1.96 bits per heavy atom. The molecular formula is C16H11Cl4N2O5P+2. The van der Waals surface area contributed by atoms with Crippen LogP contribution in [-0.2, 0) is 9.09 Å². The molecule has 0 radical (unpaired) electrons. The fourth-order valence-corrected chi connectivity index (χ4v) is 4.10. The number of carbonyl (C=O) groups is 2. The number of hydrogen-bond donors (Lipinski definition) is 0. The van der Waals surface area contributed by atoms with Crippen LogP contribution in [0.5, 0.6) is 0 Å². The van der Waals surface area contributed by atoms with Crippen molar-refractivity contribution in [2.24, 2.45) is 0 Å². The van der Waals surface area contributed by atoms with Crippen molar-refractivity contribution in [1.29, 1.82) is 0 Å². The summed E-state index contributed by atoms with van der Waals surface area (Å²) in [5.41, 5.74) is -0.163. The zero-order valence-corrected chi connectivity index (χ0v) is 17.8. The summed E-state index contributed by atoms with van der Waals surface area (Å²) in [5, 5.41) is -0.434. The van der Waals surface area contributed by atoms with Gasteiger partial charge in [0.15, 0.2) is 0 Å². The first-order chi connectivity index (χ1) is 13.3. The van der Waals surface area contributed by atoms with Crippen LogP contribution >= 0.6 is 54.7 Å². The van der Waals surface area contributed by atoms with Crippen LogP contribution in [0.1, 0.15) is 27.1 Å². The molecule has 2 aromatic rings. The van der Waals surface area contributed by atoms with E-state index in [1.165, 1.54) is 4.73 Å². The molecule has 1 unspecified atom stereocenters. The van der Waals surface area contributed by atoms with Gasteiger partial charge in [0.1, 0.15) is 6.61 Å². The lowest BCUT2D eigenvalue weighted by Crippen LogP contribution is -2.37. The molecule has 0 saturated heterocycles.